The lowest BCUT2D eigenvalue weighted by atomic mass is 9.99. The van der Waals surface area contributed by atoms with Gasteiger partial charge in [0.1, 0.15) is 23.2 Å². The van der Waals surface area contributed by atoms with Crippen LogP contribution in [0.3, 0.4) is 0 Å². The molecule has 0 unspecified atom stereocenters. The molecule has 0 fully saturated rings. The topological polar surface area (TPSA) is 18.5 Å². The minimum absolute atomic E-state index is 0.145. The molecule has 0 aliphatic heterocycles. The molecule has 2 nitrogen and oxygen atoms in total. The number of fused-ring (bicyclic) bond motifs is 1. The SMILES string of the molecule is COc1cc(F)c(-c2cc(F)c3c(F)c(OCC(F)(F)F)c(F)cc3c2)c(F)c1. The standard InChI is InChI=1S/C19H10F8O2/c1-28-10-5-12(21)15(13(22)6-10)8-2-9-4-14(23)18(29-7-19(25,26)27)17(24)16(9)11(20)3-8/h2-6H,7H2,1H3. The molecule has 0 aromatic heterocycles. The number of methoxy groups -OCH3 is 1. The highest BCUT2D eigenvalue weighted by molar-refractivity contribution is 5.90. The lowest BCUT2D eigenvalue weighted by Gasteiger charge is -2.14. The number of rotatable bonds is 4. The van der Waals surface area contributed by atoms with E-state index in [-0.39, 0.29) is 11.3 Å². The molecule has 29 heavy (non-hydrogen) atoms. The van der Waals surface area contributed by atoms with Crippen LogP contribution < -0.4 is 9.47 Å². The molecule has 10 heteroatoms. The van der Waals surface area contributed by atoms with Crippen LogP contribution in [0.5, 0.6) is 11.5 Å². The Bertz CT molecular complexity index is 1070. The van der Waals surface area contributed by atoms with Gasteiger partial charge in [-0.2, -0.15) is 13.2 Å². The Morgan fingerprint density at radius 1 is 0.793 bits per heavy atom. The third kappa shape index (κ3) is 4.06. The first kappa shape index (κ1) is 20.7. The molecule has 0 heterocycles. The number of alkyl halides is 3. The van der Waals surface area contributed by atoms with E-state index in [1.165, 1.54) is 7.11 Å². The summed E-state index contributed by atoms with van der Waals surface area (Å²) in [5.74, 6) is -8.41. The highest BCUT2D eigenvalue weighted by atomic mass is 19.4. The van der Waals surface area contributed by atoms with Gasteiger partial charge in [0, 0.05) is 12.1 Å². The fourth-order valence-corrected chi connectivity index (χ4v) is 2.77. The average molecular weight is 422 g/mol. The molecule has 0 aliphatic carbocycles. The summed E-state index contributed by atoms with van der Waals surface area (Å²) in [6.07, 6.45) is -4.88. The quantitative estimate of drug-likeness (QED) is 0.470. The highest BCUT2D eigenvalue weighted by Crippen LogP contribution is 2.37. The maximum Gasteiger partial charge on any atom is 0.422 e. The predicted molar refractivity (Wildman–Crippen MR) is 87.3 cm³/mol. The van der Waals surface area contributed by atoms with E-state index in [4.69, 9.17) is 4.74 Å². The van der Waals surface area contributed by atoms with Crippen LogP contribution in [-0.2, 0) is 0 Å². The monoisotopic (exact) mass is 422 g/mol. The zero-order valence-corrected chi connectivity index (χ0v) is 14.4. The van der Waals surface area contributed by atoms with Crippen molar-refractivity contribution in [3.05, 3.63) is 59.4 Å². The maximum atomic E-state index is 14.5. The first-order chi connectivity index (χ1) is 13.5. The Kier molecular flexibility index (Phi) is 5.29. The molecule has 3 aromatic carbocycles. The summed E-state index contributed by atoms with van der Waals surface area (Å²) in [6.45, 7) is -1.99. The van der Waals surface area contributed by atoms with E-state index in [1.807, 2.05) is 0 Å². The third-order valence-electron chi connectivity index (χ3n) is 3.96. The van der Waals surface area contributed by atoms with Gasteiger partial charge < -0.3 is 9.47 Å². The van der Waals surface area contributed by atoms with Gasteiger partial charge in [-0.15, -0.1) is 0 Å². The fourth-order valence-electron chi connectivity index (χ4n) is 2.77. The molecule has 0 aliphatic rings. The van der Waals surface area contributed by atoms with Crippen LogP contribution in [0.1, 0.15) is 0 Å². The van der Waals surface area contributed by atoms with Gasteiger partial charge in [-0.05, 0) is 29.1 Å². The van der Waals surface area contributed by atoms with Crippen molar-refractivity contribution in [3.8, 4) is 22.6 Å². The van der Waals surface area contributed by atoms with Gasteiger partial charge in [0.25, 0.3) is 0 Å². The summed E-state index contributed by atoms with van der Waals surface area (Å²) < 4.78 is 117. The van der Waals surface area contributed by atoms with Crippen LogP contribution in [0.4, 0.5) is 35.1 Å². The molecule has 0 saturated heterocycles. The number of hydrogen-bond donors (Lipinski definition) is 0. The van der Waals surface area contributed by atoms with Crippen molar-refractivity contribution in [2.24, 2.45) is 0 Å². The third-order valence-corrected chi connectivity index (χ3v) is 3.96. The number of halogens is 8. The summed E-state index contributed by atoms with van der Waals surface area (Å²) in [7, 11) is 1.17. The smallest absolute Gasteiger partial charge is 0.422 e. The zero-order valence-electron chi connectivity index (χ0n) is 14.4. The molecule has 0 N–H and O–H groups in total. The summed E-state index contributed by atoms with van der Waals surface area (Å²) in [6, 6.07) is 3.64. The van der Waals surface area contributed by atoms with Crippen molar-refractivity contribution < 1.29 is 44.6 Å². The Morgan fingerprint density at radius 3 is 1.97 bits per heavy atom. The number of benzene rings is 3. The van der Waals surface area contributed by atoms with Crippen molar-refractivity contribution in [1.29, 1.82) is 0 Å². The first-order valence-electron chi connectivity index (χ1n) is 7.86. The van der Waals surface area contributed by atoms with Crippen LogP contribution in [0.15, 0.2) is 30.3 Å². The Morgan fingerprint density at radius 2 is 1.41 bits per heavy atom. The van der Waals surface area contributed by atoms with Crippen LogP contribution in [0.25, 0.3) is 21.9 Å². The normalized spacial score (nSPS) is 11.8. The van der Waals surface area contributed by atoms with E-state index < -0.39 is 64.0 Å². The Hall–Kier alpha value is -3.04. The van der Waals surface area contributed by atoms with Crippen molar-refractivity contribution in [3.63, 3.8) is 0 Å². The van der Waals surface area contributed by atoms with Crippen molar-refractivity contribution >= 4 is 10.8 Å². The average Bonchev–Trinajstić information content (AvgIpc) is 2.59. The summed E-state index contributed by atoms with van der Waals surface area (Å²) in [5, 5.41) is -1.36. The van der Waals surface area contributed by atoms with E-state index in [9.17, 15) is 35.1 Å². The van der Waals surface area contributed by atoms with Gasteiger partial charge in [-0.25, -0.2) is 22.0 Å². The second-order valence-corrected chi connectivity index (χ2v) is 5.93. The summed E-state index contributed by atoms with van der Waals surface area (Å²) in [5.41, 5.74) is -1.06. The predicted octanol–water partition coefficient (Wildman–Crippen LogP) is 6.15. The van der Waals surface area contributed by atoms with Crippen LogP contribution >= 0.6 is 0 Å². The second kappa shape index (κ2) is 7.41. The van der Waals surface area contributed by atoms with Gasteiger partial charge in [0.05, 0.1) is 18.1 Å². The van der Waals surface area contributed by atoms with Crippen LogP contribution in [0, 0.1) is 29.1 Å². The maximum absolute atomic E-state index is 14.5. The van der Waals surface area contributed by atoms with E-state index >= 15 is 0 Å². The van der Waals surface area contributed by atoms with Gasteiger partial charge in [-0.1, -0.05) is 0 Å². The molecular formula is C19H10F8O2. The largest absolute Gasteiger partial charge is 0.497 e. The molecule has 0 atom stereocenters. The van der Waals surface area contributed by atoms with Crippen molar-refractivity contribution in [2.75, 3.05) is 13.7 Å². The fraction of sp³-hybridized carbons (Fsp3) is 0.158. The molecule has 0 saturated carbocycles. The first-order valence-corrected chi connectivity index (χ1v) is 7.86. The van der Waals surface area contributed by atoms with Gasteiger partial charge >= 0.3 is 6.18 Å². The molecule has 0 amide bonds. The molecule has 3 rings (SSSR count). The molecule has 154 valence electrons. The number of hydrogen-bond acceptors (Lipinski definition) is 2. The van der Waals surface area contributed by atoms with Gasteiger partial charge in [0.2, 0.25) is 0 Å². The molecular weight excluding hydrogens is 412 g/mol. The highest BCUT2D eigenvalue weighted by Gasteiger charge is 2.30. The molecule has 0 spiro atoms. The molecule has 3 aromatic rings. The van der Waals surface area contributed by atoms with Gasteiger partial charge in [0.15, 0.2) is 24.0 Å². The van der Waals surface area contributed by atoms with Crippen LogP contribution in [-0.4, -0.2) is 19.9 Å². The van der Waals surface area contributed by atoms with Crippen molar-refractivity contribution in [2.45, 2.75) is 6.18 Å². The molecule has 0 radical (unpaired) electrons. The molecule has 0 bridgehead atoms. The van der Waals surface area contributed by atoms with E-state index in [1.54, 1.807) is 0 Å². The summed E-state index contributed by atoms with van der Waals surface area (Å²) in [4.78, 5) is 0. The number of ether oxygens (including phenoxy) is 2. The summed E-state index contributed by atoms with van der Waals surface area (Å²) >= 11 is 0. The van der Waals surface area contributed by atoms with E-state index in [0.29, 0.717) is 12.1 Å². The van der Waals surface area contributed by atoms with E-state index in [0.717, 1.165) is 18.2 Å². The minimum Gasteiger partial charge on any atom is -0.497 e. The lowest BCUT2D eigenvalue weighted by molar-refractivity contribution is -0.154. The second-order valence-electron chi connectivity index (χ2n) is 5.93. The van der Waals surface area contributed by atoms with E-state index in [2.05, 4.69) is 4.74 Å². The Labute approximate surface area is 158 Å². The van der Waals surface area contributed by atoms with Gasteiger partial charge in [-0.3, -0.25) is 0 Å². The minimum atomic E-state index is -4.88. The lowest BCUT2D eigenvalue weighted by Crippen LogP contribution is -2.20. The van der Waals surface area contributed by atoms with Crippen LogP contribution in [0.2, 0.25) is 0 Å². The van der Waals surface area contributed by atoms with Crippen molar-refractivity contribution in [1.82, 2.24) is 0 Å². The zero-order chi connectivity index (χ0) is 21.5. The Balaban J connectivity index is 2.16.